The summed E-state index contributed by atoms with van der Waals surface area (Å²) in [5.41, 5.74) is 0.187. The van der Waals surface area contributed by atoms with Gasteiger partial charge in [0.05, 0.1) is 11.1 Å². The molecule has 0 aliphatic heterocycles. The Morgan fingerprint density at radius 2 is 1.88 bits per heavy atom. The number of rotatable bonds is 5. The van der Waals surface area contributed by atoms with E-state index in [0.717, 1.165) is 11.6 Å². The molecule has 0 saturated heterocycles. The van der Waals surface area contributed by atoms with Crippen molar-refractivity contribution >= 4 is 29.2 Å². The lowest BCUT2D eigenvalue weighted by Gasteiger charge is -2.15. The molecule has 1 aliphatic rings. The molecule has 1 fully saturated rings. The van der Waals surface area contributed by atoms with Crippen LogP contribution >= 0.6 is 11.6 Å². The maximum Gasteiger partial charge on any atom is 0.317 e. The van der Waals surface area contributed by atoms with Gasteiger partial charge in [-0.15, -0.1) is 0 Å². The number of anilines is 1. The highest BCUT2D eigenvalue weighted by atomic mass is 35.5. The number of ether oxygens (including phenoxy) is 1. The summed E-state index contributed by atoms with van der Waals surface area (Å²) in [6.07, 6.45) is 1.39. The molecule has 0 heterocycles. The number of hydrogen-bond donors (Lipinski definition) is 1. The largest absolute Gasteiger partial charge is 0.455 e. The van der Waals surface area contributed by atoms with Crippen LogP contribution < -0.4 is 5.32 Å². The van der Waals surface area contributed by atoms with Gasteiger partial charge in [0.1, 0.15) is 5.82 Å². The molecule has 3 rings (SSSR count). The van der Waals surface area contributed by atoms with Crippen LogP contribution in [-0.4, -0.2) is 18.5 Å². The molecule has 0 spiro atoms. The fourth-order valence-corrected chi connectivity index (χ4v) is 2.71. The minimum atomic E-state index is -0.650. The van der Waals surface area contributed by atoms with Crippen molar-refractivity contribution in [3.63, 3.8) is 0 Å². The van der Waals surface area contributed by atoms with Crippen molar-refractivity contribution in [3.8, 4) is 0 Å². The zero-order valence-corrected chi connectivity index (χ0v) is 13.5. The molecule has 0 atom stereocenters. The molecule has 0 aromatic heterocycles. The summed E-state index contributed by atoms with van der Waals surface area (Å²) in [6.45, 7) is -0.473. The Bertz CT molecular complexity index is 775. The van der Waals surface area contributed by atoms with Crippen molar-refractivity contribution < 1.29 is 18.7 Å². The molecule has 1 saturated carbocycles. The summed E-state index contributed by atoms with van der Waals surface area (Å²) in [5.74, 6) is -1.66. The Morgan fingerprint density at radius 3 is 2.54 bits per heavy atom. The van der Waals surface area contributed by atoms with Gasteiger partial charge in [-0.2, -0.15) is 0 Å². The van der Waals surface area contributed by atoms with Crippen molar-refractivity contribution in [1.29, 1.82) is 0 Å². The van der Waals surface area contributed by atoms with Crippen molar-refractivity contribution in [2.75, 3.05) is 11.9 Å². The minimum absolute atomic E-state index is 0.0484. The van der Waals surface area contributed by atoms with Gasteiger partial charge in [-0.25, -0.2) is 4.39 Å². The average molecular weight is 348 g/mol. The summed E-state index contributed by atoms with van der Waals surface area (Å²) in [4.78, 5) is 24.2. The first kappa shape index (κ1) is 16.5. The highest BCUT2D eigenvalue weighted by molar-refractivity contribution is 6.30. The molecule has 1 N–H and O–H groups in total. The maximum absolute atomic E-state index is 13.6. The molecule has 6 heteroatoms. The number of carbonyl (C=O) groups is 2. The highest BCUT2D eigenvalue weighted by Crippen LogP contribution is 2.49. The zero-order chi connectivity index (χ0) is 17.2. The molecule has 24 heavy (non-hydrogen) atoms. The summed E-state index contributed by atoms with van der Waals surface area (Å²) in [7, 11) is 0. The summed E-state index contributed by atoms with van der Waals surface area (Å²) in [5, 5.41) is 2.64. The minimum Gasteiger partial charge on any atom is -0.455 e. The van der Waals surface area contributed by atoms with E-state index >= 15 is 0 Å². The molecule has 1 aliphatic carbocycles. The van der Waals surface area contributed by atoms with Gasteiger partial charge >= 0.3 is 5.97 Å². The Kier molecular flexibility index (Phi) is 4.53. The number of amides is 1. The van der Waals surface area contributed by atoms with Gasteiger partial charge in [-0.1, -0.05) is 41.9 Å². The van der Waals surface area contributed by atoms with E-state index in [9.17, 15) is 14.0 Å². The fourth-order valence-electron chi connectivity index (χ4n) is 2.54. The SMILES string of the molecule is O=C(COC(=O)C1(c2ccccc2)CC1)Nc1cc(Cl)ccc1F. The Labute approximate surface area is 143 Å². The highest BCUT2D eigenvalue weighted by Gasteiger charge is 2.52. The van der Waals surface area contributed by atoms with Crippen LogP contribution in [0.4, 0.5) is 10.1 Å². The lowest BCUT2D eigenvalue weighted by atomic mass is 9.96. The predicted octanol–water partition coefficient (Wildman–Crippen LogP) is 3.69. The van der Waals surface area contributed by atoms with Crippen LogP contribution in [0.1, 0.15) is 18.4 Å². The molecule has 2 aromatic carbocycles. The van der Waals surface area contributed by atoms with Crippen LogP contribution in [0, 0.1) is 5.82 Å². The van der Waals surface area contributed by atoms with E-state index in [1.54, 1.807) is 0 Å². The molecular weight excluding hydrogens is 333 g/mol. The second-order valence-corrected chi connectivity index (χ2v) is 6.13. The second kappa shape index (κ2) is 6.61. The first-order valence-corrected chi connectivity index (χ1v) is 7.87. The topological polar surface area (TPSA) is 55.4 Å². The molecule has 0 unspecified atom stereocenters. The van der Waals surface area contributed by atoms with Crippen LogP contribution in [-0.2, 0) is 19.7 Å². The Balaban J connectivity index is 1.59. The standard InChI is InChI=1S/C18H15ClFNO3/c19-13-6-7-14(20)15(10-13)21-16(22)11-24-17(23)18(8-9-18)12-4-2-1-3-5-12/h1-7,10H,8-9,11H2,(H,21,22). The lowest BCUT2D eigenvalue weighted by Crippen LogP contribution is -2.28. The number of carbonyl (C=O) groups excluding carboxylic acids is 2. The lowest BCUT2D eigenvalue weighted by molar-refractivity contribution is -0.150. The van der Waals surface area contributed by atoms with E-state index < -0.39 is 29.7 Å². The summed E-state index contributed by atoms with van der Waals surface area (Å²) < 4.78 is 18.7. The number of halogens is 2. The van der Waals surface area contributed by atoms with Crippen molar-refractivity contribution in [2.45, 2.75) is 18.3 Å². The maximum atomic E-state index is 13.6. The number of benzene rings is 2. The van der Waals surface area contributed by atoms with Gasteiger partial charge in [-0.3, -0.25) is 9.59 Å². The number of nitrogens with one attached hydrogen (secondary N) is 1. The third-order valence-corrected chi connectivity index (χ3v) is 4.24. The summed E-state index contributed by atoms with van der Waals surface area (Å²) in [6, 6.07) is 13.2. The van der Waals surface area contributed by atoms with Crippen LogP contribution in [0.15, 0.2) is 48.5 Å². The van der Waals surface area contributed by atoms with Gasteiger partial charge in [0.25, 0.3) is 5.91 Å². The van der Waals surface area contributed by atoms with Crippen LogP contribution in [0.5, 0.6) is 0 Å². The first-order valence-electron chi connectivity index (χ1n) is 7.49. The Morgan fingerprint density at radius 1 is 1.17 bits per heavy atom. The predicted molar refractivity (Wildman–Crippen MR) is 88.4 cm³/mol. The van der Waals surface area contributed by atoms with E-state index in [0.29, 0.717) is 17.9 Å². The first-order chi connectivity index (χ1) is 11.5. The zero-order valence-electron chi connectivity index (χ0n) is 12.7. The third-order valence-electron chi connectivity index (χ3n) is 4.00. The van der Waals surface area contributed by atoms with Gasteiger partial charge in [-0.05, 0) is 36.6 Å². The molecule has 4 nitrogen and oxygen atoms in total. The van der Waals surface area contributed by atoms with Gasteiger partial charge in [0.15, 0.2) is 6.61 Å². The molecule has 0 radical (unpaired) electrons. The second-order valence-electron chi connectivity index (χ2n) is 5.70. The quantitative estimate of drug-likeness (QED) is 0.839. The van der Waals surface area contributed by atoms with Crippen LogP contribution in [0.3, 0.4) is 0 Å². The monoisotopic (exact) mass is 347 g/mol. The van der Waals surface area contributed by atoms with Crippen molar-refractivity contribution in [2.24, 2.45) is 0 Å². The van der Waals surface area contributed by atoms with Gasteiger partial charge < -0.3 is 10.1 Å². The summed E-state index contributed by atoms with van der Waals surface area (Å²) >= 11 is 5.76. The molecule has 2 aromatic rings. The van der Waals surface area contributed by atoms with Gasteiger partial charge in [0, 0.05) is 5.02 Å². The smallest absolute Gasteiger partial charge is 0.317 e. The normalized spacial score (nSPS) is 14.8. The molecule has 124 valence electrons. The van der Waals surface area contributed by atoms with E-state index in [4.69, 9.17) is 16.3 Å². The number of esters is 1. The van der Waals surface area contributed by atoms with E-state index in [1.807, 2.05) is 30.3 Å². The molecule has 0 bridgehead atoms. The van der Waals surface area contributed by atoms with E-state index in [1.165, 1.54) is 12.1 Å². The molecule has 1 amide bonds. The van der Waals surface area contributed by atoms with Crippen molar-refractivity contribution in [1.82, 2.24) is 0 Å². The Hall–Kier alpha value is -2.40. The van der Waals surface area contributed by atoms with Gasteiger partial charge in [0.2, 0.25) is 0 Å². The van der Waals surface area contributed by atoms with E-state index in [2.05, 4.69) is 5.32 Å². The third kappa shape index (κ3) is 3.41. The number of hydrogen-bond acceptors (Lipinski definition) is 3. The van der Waals surface area contributed by atoms with Crippen molar-refractivity contribution in [3.05, 3.63) is 64.9 Å². The van der Waals surface area contributed by atoms with Crippen LogP contribution in [0.25, 0.3) is 0 Å². The van der Waals surface area contributed by atoms with Crippen LogP contribution in [0.2, 0.25) is 5.02 Å². The molecular formula is C18H15ClFNO3. The average Bonchev–Trinajstić information content (AvgIpc) is 3.39. The van der Waals surface area contributed by atoms with E-state index in [-0.39, 0.29) is 5.69 Å². The fraction of sp³-hybridized carbons (Fsp3) is 0.222.